The molecule has 11 heavy (non-hydrogen) atoms. The summed E-state index contributed by atoms with van der Waals surface area (Å²) < 4.78 is 0. The highest BCUT2D eigenvalue weighted by Crippen LogP contribution is 2.19. The van der Waals surface area contributed by atoms with Crippen molar-refractivity contribution < 1.29 is 0 Å². The third-order valence-electron chi connectivity index (χ3n) is 1.95. The van der Waals surface area contributed by atoms with Crippen LogP contribution in [0.2, 0.25) is 0 Å². The fourth-order valence-corrected chi connectivity index (χ4v) is 1.32. The highest BCUT2D eigenvalue weighted by atomic mass is 15.1. The van der Waals surface area contributed by atoms with Crippen LogP contribution in [0.15, 0.2) is 41.6 Å². The quantitative estimate of drug-likeness (QED) is 0.591. The first kappa shape index (κ1) is 6.40. The van der Waals surface area contributed by atoms with E-state index < -0.39 is 0 Å². The third kappa shape index (κ3) is 1.00. The Hall–Kier alpha value is -1.31. The average Bonchev–Trinajstić information content (AvgIpc) is 2.50. The van der Waals surface area contributed by atoms with Crippen LogP contribution in [0.3, 0.4) is 0 Å². The van der Waals surface area contributed by atoms with E-state index in [2.05, 4.69) is 29.0 Å². The molecule has 0 saturated carbocycles. The maximum absolute atomic E-state index is 4.31. The number of dihydropyridines is 1. The fourth-order valence-electron chi connectivity index (χ4n) is 1.32. The Balaban J connectivity index is 2.26. The summed E-state index contributed by atoms with van der Waals surface area (Å²) in [6, 6.07) is 0. The van der Waals surface area contributed by atoms with Crippen LogP contribution in [-0.4, -0.2) is 12.4 Å². The number of nitrogens with one attached hydrogen (secondary N) is 1. The standard InChI is InChI=1S/C9H10N2/c1-2-7-5-8-3-4-10-9(8)11-6-7/h2-6,8-10H,1H2. The summed E-state index contributed by atoms with van der Waals surface area (Å²) in [5, 5.41) is 3.15. The highest BCUT2D eigenvalue weighted by molar-refractivity contribution is 5.83. The Bertz CT molecular complexity index is 261. The molecule has 2 unspecified atom stereocenters. The van der Waals surface area contributed by atoms with Gasteiger partial charge in [0.25, 0.3) is 0 Å². The Labute approximate surface area is 66.0 Å². The van der Waals surface area contributed by atoms with Crippen LogP contribution in [-0.2, 0) is 0 Å². The van der Waals surface area contributed by atoms with E-state index in [4.69, 9.17) is 0 Å². The molecule has 0 radical (unpaired) electrons. The summed E-state index contributed by atoms with van der Waals surface area (Å²) in [5.41, 5.74) is 1.11. The van der Waals surface area contributed by atoms with E-state index in [1.54, 1.807) is 0 Å². The monoisotopic (exact) mass is 146 g/mol. The van der Waals surface area contributed by atoms with Crippen LogP contribution in [0.25, 0.3) is 0 Å². The molecule has 0 bridgehead atoms. The Morgan fingerprint density at radius 2 is 2.55 bits per heavy atom. The molecule has 0 aromatic carbocycles. The van der Waals surface area contributed by atoms with Gasteiger partial charge in [-0.1, -0.05) is 24.8 Å². The molecule has 56 valence electrons. The lowest BCUT2D eigenvalue weighted by Crippen LogP contribution is -2.25. The van der Waals surface area contributed by atoms with Gasteiger partial charge in [-0.25, -0.2) is 0 Å². The Morgan fingerprint density at radius 3 is 3.36 bits per heavy atom. The van der Waals surface area contributed by atoms with Gasteiger partial charge in [0.2, 0.25) is 0 Å². The molecule has 0 aromatic rings. The van der Waals surface area contributed by atoms with Crippen molar-refractivity contribution >= 4 is 6.21 Å². The summed E-state index contributed by atoms with van der Waals surface area (Å²) in [6.07, 6.45) is 10.2. The van der Waals surface area contributed by atoms with Gasteiger partial charge in [-0.3, -0.25) is 4.99 Å². The van der Waals surface area contributed by atoms with Gasteiger partial charge < -0.3 is 5.32 Å². The zero-order valence-electron chi connectivity index (χ0n) is 6.20. The summed E-state index contributed by atoms with van der Waals surface area (Å²) in [5.74, 6) is 0.424. The van der Waals surface area contributed by atoms with E-state index in [0.29, 0.717) is 5.92 Å². The van der Waals surface area contributed by atoms with Crippen LogP contribution < -0.4 is 5.32 Å². The Kier molecular flexibility index (Phi) is 1.39. The van der Waals surface area contributed by atoms with Crippen LogP contribution in [0.4, 0.5) is 0 Å². The van der Waals surface area contributed by atoms with Gasteiger partial charge in [-0.15, -0.1) is 0 Å². The molecule has 2 heteroatoms. The molecule has 0 fully saturated rings. The van der Waals surface area contributed by atoms with E-state index in [1.807, 2.05) is 18.5 Å². The predicted molar refractivity (Wildman–Crippen MR) is 46.3 cm³/mol. The smallest absolute Gasteiger partial charge is 0.128 e. The largest absolute Gasteiger partial charge is 0.369 e. The van der Waals surface area contributed by atoms with Gasteiger partial charge in [-0.05, 0) is 11.8 Å². The first-order chi connectivity index (χ1) is 5.40. The van der Waals surface area contributed by atoms with Gasteiger partial charge in [0.1, 0.15) is 6.17 Å². The van der Waals surface area contributed by atoms with Crippen molar-refractivity contribution in [2.75, 3.05) is 0 Å². The summed E-state index contributed by atoms with van der Waals surface area (Å²) in [7, 11) is 0. The number of fused-ring (bicyclic) bond motifs is 1. The lowest BCUT2D eigenvalue weighted by atomic mass is 10.0. The summed E-state index contributed by atoms with van der Waals surface area (Å²) in [4.78, 5) is 4.31. The summed E-state index contributed by atoms with van der Waals surface area (Å²) >= 11 is 0. The first-order valence-corrected chi connectivity index (χ1v) is 3.70. The van der Waals surface area contributed by atoms with Crippen molar-refractivity contribution in [3.05, 3.63) is 36.6 Å². The average molecular weight is 146 g/mol. The molecule has 2 heterocycles. The lowest BCUT2D eigenvalue weighted by Gasteiger charge is -2.16. The molecule has 2 atom stereocenters. The molecule has 0 spiro atoms. The number of hydrogen-bond acceptors (Lipinski definition) is 2. The minimum atomic E-state index is 0.235. The second-order valence-corrected chi connectivity index (χ2v) is 2.70. The van der Waals surface area contributed by atoms with Crippen molar-refractivity contribution in [2.24, 2.45) is 10.9 Å². The van der Waals surface area contributed by atoms with Gasteiger partial charge >= 0.3 is 0 Å². The van der Waals surface area contributed by atoms with Crippen LogP contribution in [0, 0.1) is 5.92 Å². The fraction of sp³-hybridized carbons (Fsp3) is 0.222. The molecule has 2 nitrogen and oxygen atoms in total. The maximum atomic E-state index is 4.31. The number of allylic oxidation sites excluding steroid dienone is 2. The van der Waals surface area contributed by atoms with E-state index in [1.165, 1.54) is 0 Å². The highest BCUT2D eigenvalue weighted by Gasteiger charge is 2.21. The second kappa shape index (κ2) is 2.38. The molecule has 2 aliphatic heterocycles. The third-order valence-corrected chi connectivity index (χ3v) is 1.95. The molecule has 0 aromatic heterocycles. The van der Waals surface area contributed by atoms with Gasteiger partial charge in [0.15, 0.2) is 0 Å². The zero-order valence-corrected chi connectivity index (χ0v) is 6.20. The molecule has 0 aliphatic carbocycles. The molecule has 2 aliphatic rings. The van der Waals surface area contributed by atoms with Gasteiger partial charge in [-0.2, -0.15) is 0 Å². The van der Waals surface area contributed by atoms with Crippen molar-refractivity contribution in [3.63, 3.8) is 0 Å². The van der Waals surface area contributed by atoms with E-state index in [-0.39, 0.29) is 6.17 Å². The zero-order chi connectivity index (χ0) is 7.68. The molecule has 0 amide bonds. The van der Waals surface area contributed by atoms with Crippen LogP contribution in [0.1, 0.15) is 0 Å². The van der Waals surface area contributed by atoms with E-state index in [0.717, 1.165) is 5.57 Å². The van der Waals surface area contributed by atoms with Crippen molar-refractivity contribution in [1.82, 2.24) is 5.32 Å². The minimum absolute atomic E-state index is 0.235. The predicted octanol–water partition coefficient (Wildman–Crippen LogP) is 1.24. The normalized spacial score (nSPS) is 32.5. The molecule has 2 rings (SSSR count). The number of aliphatic imine (C=N–C) groups is 1. The van der Waals surface area contributed by atoms with Crippen molar-refractivity contribution in [1.29, 1.82) is 0 Å². The number of hydrogen-bond donors (Lipinski definition) is 1. The molecule has 0 saturated heterocycles. The van der Waals surface area contributed by atoms with Crippen molar-refractivity contribution in [3.8, 4) is 0 Å². The summed E-state index contributed by atoms with van der Waals surface area (Å²) in [6.45, 7) is 3.69. The van der Waals surface area contributed by atoms with Gasteiger partial charge in [0, 0.05) is 12.1 Å². The second-order valence-electron chi connectivity index (χ2n) is 2.70. The van der Waals surface area contributed by atoms with Crippen molar-refractivity contribution in [2.45, 2.75) is 6.17 Å². The molecular formula is C9H10N2. The van der Waals surface area contributed by atoms with E-state index >= 15 is 0 Å². The SMILES string of the molecule is C=CC1=CC2C=CNC2N=C1. The first-order valence-electron chi connectivity index (χ1n) is 3.70. The minimum Gasteiger partial charge on any atom is -0.369 e. The van der Waals surface area contributed by atoms with Gasteiger partial charge in [0.05, 0.1) is 0 Å². The van der Waals surface area contributed by atoms with E-state index in [9.17, 15) is 0 Å². The van der Waals surface area contributed by atoms with Crippen LogP contribution in [0.5, 0.6) is 0 Å². The lowest BCUT2D eigenvalue weighted by molar-refractivity contribution is 0.570. The number of rotatable bonds is 1. The molecule has 1 N–H and O–H groups in total. The number of nitrogens with zero attached hydrogens (tertiary/aromatic N) is 1. The Morgan fingerprint density at radius 1 is 1.64 bits per heavy atom. The topological polar surface area (TPSA) is 24.4 Å². The molecular weight excluding hydrogens is 136 g/mol. The van der Waals surface area contributed by atoms with Crippen LogP contribution >= 0.6 is 0 Å². The maximum Gasteiger partial charge on any atom is 0.128 e.